The quantitative estimate of drug-likeness (QED) is 0.668. The van der Waals surface area contributed by atoms with Gasteiger partial charge in [0.15, 0.2) is 0 Å². The predicted octanol–water partition coefficient (Wildman–Crippen LogP) is 2.19. The van der Waals surface area contributed by atoms with Crippen molar-refractivity contribution in [2.45, 2.75) is 66.0 Å². The average molecular weight is 364 g/mol. The largest absolute Gasteiger partial charge is 0.480 e. The molecule has 2 N–H and O–H groups in total. The van der Waals surface area contributed by atoms with Crippen LogP contribution in [-0.2, 0) is 19.6 Å². The maximum absolute atomic E-state index is 11.8. The summed E-state index contributed by atoms with van der Waals surface area (Å²) in [5.74, 6) is -1.43. The van der Waals surface area contributed by atoms with Crippen LogP contribution < -0.4 is 5.32 Å². The first-order valence-electron chi connectivity index (χ1n) is 7.60. The first kappa shape index (κ1) is 22.4. The van der Waals surface area contributed by atoms with E-state index < -0.39 is 33.7 Å². The molecule has 0 rings (SSSR count). The molecule has 0 heterocycles. The Labute approximate surface area is 143 Å². The lowest BCUT2D eigenvalue weighted by atomic mass is 9.94. The third-order valence-electron chi connectivity index (χ3n) is 2.68. The molecule has 0 saturated carbocycles. The zero-order chi connectivity index (χ0) is 19.2. The molecular formula is C15H28N2O6S. The highest BCUT2D eigenvalue weighted by molar-refractivity contribution is 7.90. The Hall–Kier alpha value is -1.64. The number of hydrogen-bond acceptors (Lipinski definition) is 5. The van der Waals surface area contributed by atoms with Gasteiger partial charge in [0, 0.05) is 12.6 Å². The fourth-order valence-corrected chi connectivity index (χ4v) is 2.71. The van der Waals surface area contributed by atoms with Gasteiger partial charge in [-0.2, -0.15) is 4.40 Å². The Bertz CT molecular complexity index is 570. The number of carbonyl (C=O) groups is 2. The molecule has 0 aliphatic rings. The second-order valence-corrected chi connectivity index (χ2v) is 9.44. The van der Waals surface area contributed by atoms with Crippen molar-refractivity contribution in [2.24, 2.45) is 9.81 Å². The summed E-state index contributed by atoms with van der Waals surface area (Å²) in [6, 6.07) is -1.32. The van der Waals surface area contributed by atoms with Crippen LogP contribution in [0.5, 0.6) is 0 Å². The minimum atomic E-state index is -3.66. The van der Waals surface area contributed by atoms with E-state index in [4.69, 9.17) is 9.84 Å². The van der Waals surface area contributed by atoms with Gasteiger partial charge in [-0.05, 0) is 32.6 Å². The van der Waals surface area contributed by atoms with Crippen molar-refractivity contribution in [3.63, 3.8) is 0 Å². The highest BCUT2D eigenvalue weighted by Crippen LogP contribution is 2.19. The summed E-state index contributed by atoms with van der Waals surface area (Å²) >= 11 is 0. The molecule has 0 aromatic rings. The van der Waals surface area contributed by atoms with Crippen LogP contribution in [-0.4, -0.2) is 49.2 Å². The number of rotatable bonds is 7. The monoisotopic (exact) mass is 364 g/mol. The van der Waals surface area contributed by atoms with Crippen LogP contribution in [0.2, 0.25) is 0 Å². The molecule has 0 fully saturated rings. The van der Waals surface area contributed by atoms with E-state index in [0.717, 1.165) is 6.21 Å². The molecule has 1 amide bonds. The van der Waals surface area contributed by atoms with Gasteiger partial charge in [0.25, 0.3) is 10.0 Å². The number of carboxylic acids is 1. The van der Waals surface area contributed by atoms with Gasteiger partial charge in [0.1, 0.15) is 11.6 Å². The van der Waals surface area contributed by atoms with Crippen LogP contribution in [0.4, 0.5) is 4.79 Å². The van der Waals surface area contributed by atoms with E-state index in [1.165, 1.54) is 0 Å². The van der Waals surface area contributed by atoms with Crippen LogP contribution in [0.3, 0.4) is 0 Å². The number of nitrogens with one attached hydrogen (secondary N) is 1. The Morgan fingerprint density at radius 2 is 1.75 bits per heavy atom. The van der Waals surface area contributed by atoms with Gasteiger partial charge >= 0.3 is 12.1 Å². The van der Waals surface area contributed by atoms with Gasteiger partial charge in [-0.15, -0.1) is 0 Å². The van der Waals surface area contributed by atoms with E-state index in [1.807, 2.05) is 20.8 Å². The summed E-state index contributed by atoms with van der Waals surface area (Å²) < 4.78 is 32.0. The van der Waals surface area contributed by atoms with Crippen LogP contribution in [0.15, 0.2) is 4.40 Å². The van der Waals surface area contributed by atoms with Crippen molar-refractivity contribution in [3.05, 3.63) is 0 Å². The summed E-state index contributed by atoms with van der Waals surface area (Å²) in [7, 11) is -3.66. The van der Waals surface area contributed by atoms with Gasteiger partial charge < -0.3 is 15.2 Å². The molecular weight excluding hydrogens is 336 g/mol. The van der Waals surface area contributed by atoms with Crippen molar-refractivity contribution in [3.8, 4) is 0 Å². The average Bonchev–Trinajstić information content (AvgIpc) is 2.32. The SMILES string of the molecule is CC(C)(C)CCS(=O)(=O)N=CC[C@H](NC(=O)OC(C)(C)C)C(=O)O. The minimum absolute atomic E-state index is 0.121. The Morgan fingerprint density at radius 3 is 2.17 bits per heavy atom. The molecule has 0 saturated heterocycles. The van der Waals surface area contributed by atoms with E-state index in [9.17, 15) is 18.0 Å². The first-order valence-corrected chi connectivity index (χ1v) is 9.21. The van der Waals surface area contributed by atoms with Gasteiger partial charge in [-0.3, -0.25) is 0 Å². The summed E-state index contributed by atoms with van der Waals surface area (Å²) in [5.41, 5.74) is -0.915. The highest BCUT2D eigenvalue weighted by Gasteiger charge is 2.23. The molecule has 0 aliphatic heterocycles. The number of sulfonamides is 1. The number of carboxylic acid groups (broad SMARTS) is 1. The third kappa shape index (κ3) is 11.9. The highest BCUT2D eigenvalue weighted by atomic mass is 32.2. The first-order chi connectivity index (χ1) is 10.6. The van der Waals surface area contributed by atoms with Gasteiger partial charge in [0.05, 0.1) is 5.75 Å². The summed E-state index contributed by atoms with van der Waals surface area (Å²) in [4.78, 5) is 22.7. The Kier molecular flexibility index (Phi) is 7.88. The normalized spacial score (nSPS) is 14.4. The molecule has 0 spiro atoms. The number of aliphatic carboxylic acids is 1. The summed E-state index contributed by atoms with van der Waals surface area (Å²) in [6.45, 7) is 10.7. The van der Waals surface area contributed by atoms with Gasteiger partial charge in [-0.1, -0.05) is 20.8 Å². The van der Waals surface area contributed by atoms with Crippen LogP contribution in [0, 0.1) is 5.41 Å². The van der Waals surface area contributed by atoms with Crippen LogP contribution >= 0.6 is 0 Å². The lowest BCUT2D eigenvalue weighted by Gasteiger charge is -2.21. The molecule has 0 aliphatic carbocycles. The zero-order valence-electron chi connectivity index (χ0n) is 15.1. The summed E-state index contributed by atoms with van der Waals surface area (Å²) in [6.07, 6.45) is 0.279. The molecule has 140 valence electrons. The number of carbonyl (C=O) groups excluding carboxylic acids is 1. The van der Waals surface area contributed by atoms with E-state index in [1.54, 1.807) is 20.8 Å². The maximum Gasteiger partial charge on any atom is 0.408 e. The van der Waals surface area contributed by atoms with Crippen molar-refractivity contribution in [1.82, 2.24) is 5.32 Å². The van der Waals surface area contributed by atoms with Crippen LogP contribution in [0.1, 0.15) is 54.4 Å². The number of ether oxygens (including phenoxy) is 1. The third-order valence-corrected chi connectivity index (χ3v) is 3.87. The molecule has 0 aromatic heterocycles. The standard InChI is InChI=1S/C15H28N2O6S/c1-14(2,3)8-10-24(21,22)16-9-7-11(12(18)19)17-13(20)23-15(4,5)6/h9,11H,7-8,10H2,1-6H3,(H,17,20)(H,18,19)/t11-/m0/s1. The predicted molar refractivity (Wildman–Crippen MR) is 91.8 cm³/mol. The van der Waals surface area contributed by atoms with Crippen LogP contribution in [0.25, 0.3) is 0 Å². The summed E-state index contributed by atoms with van der Waals surface area (Å²) in [5, 5.41) is 11.2. The zero-order valence-corrected chi connectivity index (χ0v) is 15.9. The molecule has 9 heteroatoms. The molecule has 0 bridgehead atoms. The van der Waals surface area contributed by atoms with E-state index >= 15 is 0 Å². The molecule has 24 heavy (non-hydrogen) atoms. The molecule has 0 radical (unpaired) electrons. The Balaban J connectivity index is 4.69. The second kappa shape index (κ2) is 8.46. The lowest BCUT2D eigenvalue weighted by molar-refractivity contribution is -0.139. The van der Waals surface area contributed by atoms with Crippen molar-refractivity contribution < 1.29 is 27.9 Å². The minimum Gasteiger partial charge on any atom is -0.480 e. The van der Waals surface area contributed by atoms with Crippen molar-refractivity contribution in [2.75, 3.05) is 5.75 Å². The number of alkyl carbamates (subject to hydrolysis) is 1. The number of hydrogen-bond donors (Lipinski definition) is 2. The second-order valence-electron chi connectivity index (χ2n) is 7.66. The Morgan fingerprint density at radius 1 is 1.21 bits per heavy atom. The van der Waals surface area contributed by atoms with E-state index in [2.05, 4.69) is 9.71 Å². The fourth-order valence-electron chi connectivity index (χ4n) is 1.42. The molecule has 1 atom stereocenters. The maximum atomic E-state index is 11.8. The number of nitrogens with zero attached hydrogens (tertiary/aromatic N) is 1. The molecule has 0 unspecified atom stereocenters. The van der Waals surface area contributed by atoms with Crippen molar-refractivity contribution >= 4 is 28.3 Å². The lowest BCUT2D eigenvalue weighted by Crippen LogP contribution is -2.43. The fraction of sp³-hybridized carbons (Fsp3) is 0.800. The van der Waals surface area contributed by atoms with E-state index in [0.29, 0.717) is 6.42 Å². The smallest absolute Gasteiger partial charge is 0.408 e. The topological polar surface area (TPSA) is 122 Å². The van der Waals surface area contributed by atoms with Gasteiger partial charge in [0.2, 0.25) is 0 Å². The van der Waals surface area contributed by atoms with E-state index in [-0.39, 0.29) is 17.6 Å². The molecule has 8 nitrogen and oxygen atoms in total. The van der Waals surface area contributed by atoms with Gasteiger partial charge in [-0.25, -0.2) is 18.0 Å². The van der Waals surface area contributed by atoms with Crippen molar-refractivity contribution in [1.29, 1.82) is 0 Å². The number of amides is 1. The molecule has 0 aromatic carbocycles.